The number of piperidine rings is 1. The van der Waals surface area contributed by atoms with Crippen molar-refractivity contribution < 1.29 is 22.7 Å². The molecule has 1 fully saturated rings. The Hall–Kier alpha value is -3.07. The van der Waals surface area contributed by atoms with Gasteiger partial charge in [-0.05, 0) is 68.3 Å². The third-order valence-corrected chi connectivity index (χ3v) is 6.42. The lowest BCUT2D eigenvalue weighted by atomic mass is 10.0. The van der Waals surface area contributed by atoms with Crippen molar-refractivity contribution in [2.75, 3.05) is 24.4 Å². The molecule has 1 saturated heterocycles. The number of anilines is 1. The van der Waals surface area contributed by atoms with Crippen molar-refractivity contribution in [2.24, 2.45) is 0 Å². The van der Waals surface area contributed by atoms with Crippen molar-refractivity contribution >= 4 is 27.5 Å². The summed E-state index contributed by atoms with van der Waals surface area (Å²) in [6.45, 7) is 4.98. The zero-order valence-corrected chi connectivity index (χ0v) is 18.4. The molecular weight excluding hydrogens is 418 g/mol. The summed E-state index contributed by atoms with van der Waals surface area (Å²) >= 11 is 0. The van der Waals surface area contributed by atoms with Gasteiger partial charge in [0, 0.05) is 37.3 Å². The predicted molar refractivity (Wildman–Crippen MR) is 118 cm³/mol. The Morgan fingerprint density at radius 3 is 2.19 bits per heavy atom. The first-order valence-corrected chi connectivity index (χ1v) is 11.7. The second-order valence-electron chi connectivity index (χ2n) is 7.35. The molecule has 2 aromatic rings. The minimum absolute atomic E-state index is 0.0691. The number of sulfonamides is 1. The number of carbonyl (C=O) groups excluding carboxylic acids is 2. The van der Waals surface area contributed by atoms with Crippen LogP contribution in [0.4, 0.5) is 5.69 Å². The molecule has 2 amide bonds. The van der Waals surface area contributed by atoms with Crippen LogP contribution < -0.4 is 14.8 Å². The number of carbonyl (C=O) groups is 2. The fourth-order valence-electron chi connectivity index (χ4n) is 3.47. The number of benzene rings is 2. The lowest BCUT2D eigenvalue weighted by Crippen LogP contribution is -2.46. The van der Waals surface area contributed by atoms with Gasteiger partial charge in [-0.3, -0.25) is 14.3 Å². The Morgan fingerprint density at radius 2 is 1.65 bits per heavy atom. The second-order valence-corrected chi connectivity index (χ2v) is 9.04. The normalized spacial score (nSPS) is 14.7. The Bertz CT molecular complexity index is 1010. The fourth-order valence-corrected chi connectivity index (χ4v) is 4.53. The summed E-state index contributed by atoms with van der Waals surface area (Å²) in [4.78, 5) is 25.7. The molecule has 0 saturated carbocycles. The molecule has 0 aliphatic carbocycles. The van der Waals surface area contributed by atoms with Crippen molar-refractivity contribution in [3.8, 4) is 5.75 Å². The van der Waals surface area contributed by atoms with Gasteiger partial charge in [0.25, 0.3) is 15.9 Å². The molecule has 2 N–H and O–H groups in total. The molecule has 3 rings (SSSR count). The van der Waals surface area contributed by atoms with E-state index >= 15 is 0 Å². The molecule has 9 heteroatoms. The summed E-state index contributed by atoms with van der Waals surface area (Å²) in [6, 6.07) is 12.6. The van der Waals surface area contributed by atoms with E-state index in [9.17, 15) is 18.0 Å². The Balaban J connectivity index is 1.62. The molecule has 0 atom stereocenters. The van der Waals surface area contributed by atoms with Gasteiger partial charge in [-0.1, -0.05) is 0 Å². The molecule has 0 bridgehead atoms. The molecule has 8 nitrogen and oxygen atoms in total. The minimum atomic E-state index is -3.78. The lowest BCUT2D eigenvalue weighted by molar-refractivity contribution is -0.119. The Morgan fingerprint density at radius 1 is 1.03 bits per heavy atom. The zero-order chi connectivity index (χ0) is 22.4. The highest BCUT2D eigenvalue weighted by atomic mass is 32.2. The molecule has 1 aliphatic rings. The smallest absolute Gasteiger partial charge is 0.261 e. The number of nitrogens with one attached hydrogen (secondary N) is 2. The molecule has 31 heavy (non-hydrogen) atoms. The molecule has 0 aromatic heterocycles. The van der Waals surface area contributed by atoms with Crippen LogP contribution in [0, 0.1) is 0 Å². The molecule has 0 unspecified atom stereocenters. The number of hydrogen-bond acceptors (Lipinski definition) is 5. The van der Waals surface area contributed by atoms with Crippen LogP contribution in [0.1, 0.15) is 37.0 Å². The maximum atomic E-state index is 12.7. The Labute approximate surface area is 182 Å². The minimum Gasteiger partial charge on any atom is -0.494 e. The van der Waals surface area contributed by atoms with Crippen molar-refractivity contribution in [1.29, 1.82) is 0 Å². The number of nitrogens with zero attached hydrogens (tertiary/aromatic N) is 1. The van der Waals surface area contributed by atoms with Crippen LogP contribution in [-0.4, -0.2) is 50.9 Å². The van der Waals surface area contributed by atoms with Gasteiger partial charge in [0.1, 0.15) is 5.75 Å². The van der Waals surface area contributed by atoms with Crippen LogP contribution in [0.3, 0.4) is 0 Å². The van der Waals surface area contributed by atoms with Crippen LogP contribution in [0.15, 0.2) is 53.4 Å². The number of rotatable bonds is 7. The predicted octanol–water partition coefficient (Wildman–Crippen LogP) is 2.63. The topological polar surface area (TPSA) is 105 Å². The summed E-state index contributed by atoms with van der Waals surface area (Å²) in [5, 5.41) is 2.88. The van der Waals surface area contributed by atoms with E-state index in [0.29, 0.717) is 49.5 Å². The van der Waals surface area contributed by atoms with E-state index in [2.05, 4.69) is 10.0 Å². The first kappa shape index (κ1) is 22.6. The molecule has 166 valence electrons. The van der Waals surface area contributed by atoms with Crippen LogP contribution in [0.25, 0.3) is 0 Å². The fraction of sp³-hybridized carbons (Fsp3) is 0.364. The van der Waals surface area contributed by atoms with E-state index < -0.39 is 10.0 Å². The lowest BCUT2D eigenvalue weighted by Gasteiger charge is -2.32. The molecule has 2 aromatic carbocycles. The summed E-state index contributed by atoms with van der Waals surface area (Å²) in [7, 11) is -3.78. The van der Waals surface area contributed by atoms with Gasteiger partial charge in [0.05, 0.1) is 11.5 Å². The third-order valence-electron chi connectivity index (χ3n) is 5.02. The van der Waals surface area contributed by atoms with Crippen molar-refractivity contribution in [3.63, 3.8) is 0 Å². The van der Waals surface area contributed by atoms with Gasteiger partial charge in [-0.2, -0.15) is 0 Å². The highest BCUT2D eigenvalue weighted by Crippen LogP contribution is 2.21. The van der Waals surface area contributed by atoms with E-state index in [0.717, 1.165) is 0 Å². The maximum absolute atomic E-state index is 12.7. The Kier molecular flexibility index (Phi) is 7.17. The second kappa shape index (κ2) is 9.82. The van der Waals surface area contributed by atoms with E-state index in [1.54, 1.807) is 29.2 Å². The SMILES string of the molecule is CCOc1ccc(NS(=O)(=O)c2ccc(C(=O)N3CCC(NC(C)=O)CC3)cc2)cc1. The van der Waals surface area contributed by atoms with Crippen molar-refractivity contribution in [2.45, 2.75) is 37.6 Å². The van der Waals surface area contributed by atoms with Gasteiger partial charge < -0.3 is 15.0 Å². The third kappa shape index (κ3) is 5.97. The average Bonchev–Trinajstić information content (AvgIpc) is 2.75. The van der Waals surface area contributed by atoms with Gasteiger partial charge in [0.2, 0.25) is 5.91 Å². The molecule has 0 radical (unpaired) electrons. The first-order chi connectivity index (χ1) is 14.8. The van der Waals surface area contributed by atoms with Gasteiger partial charge >= 0.3 is 0 Å². The van der Waals surface area contributed by atoms with E-state index in [1.807, 2.05) is 6.92 Å². The van der Waals surface area contributed by atoms with E-state index in [1.165, 1.54) is 31.2 Å². The molecular formula is C22H27N3O5S. The van der Waals surface area contributed by atoms with Crippen LogP contribution >= 0.6 is 0 Å². The molecule has 1 aliphatic heterocycles. The quantitative estimate of drug-likeness (QED) is 0.682. The summed E-state index contributed by atoms with van der Waals surface area (Å²) in [5.74, 6) is 0.444. The molecule has 0 spiro atoms. The standard InChI is InChI=1S/C22H27N3O5S/c1-3-30-20-8-6-19(7-9-20)24-31(28,29)21-10-4-17(5-11-21)22(27)25-14-12-18(13-15-25)23-16(2)26/h4-11,18,24H,3,12-15H2,1-2H3,(H,23,26). The summed E-state index contributed by atoms with van der Waals surface area (Å²) in [6.07, 6.45) is 1.40. The van der Waals surface area contributed by atoms with Crippen molar-refractivity contribution in [3.05, 3.63) is 54.1 Å². The highest BCUT2D eigenvalue weighted by Gasteiger charge is 2.24. The summed E-state index contributed by atoms with van der Waals surface area (Å²) in [5.41, 5.74) is 0.851. The van der Waals surface area contributed by atoms with Gasteiger partial charge in [0.15, 0.2) is 0 Å². The zero-order valence-electron chi connectivity index (χ0n) is 17.6. The van der Waals surface area contributed by atoms with Crippen LogP contribution in [0.2, 0.25) is 0 Å². The summed E-state index contributed by atoms with van der Waals surface area (Å²) < 4.78 is 33.2. The maximum Gasteiger partial charge on any atom is 0.261 e. The van der Waals surface area contributed by atoms with Gasteiger partial charge in [-0.25, -0.2) is 8.42 Å². The van der Waals surface area contributed by atoms with E-state index in [4.69, 9.17) is 4.74 Å². The molecule has 1 heterocycles. The van der Waals surface area contributed by atoms with Gasteiger partial charge in [-0.15, -0.1) is 0 Å². The first-order valence-electron chi connectivity index (χ1n) is 10.2. The van der Waals surface area contributed by atoms with Crippen molar-refractivity contribution in [1.82, 2.24) is 10.2 Å². The highest BCUT2D eigenvalue weighted by molar-refractivity contribution is 7.92. The number of hydrogen-bond donors (Lipinski definition) is 2. The monoisotopic (exact) mass is 445 g/mol. The van der Waals surface area contributed by atoms with E-state index in [-0.39, 0.29) is 22.8 Å². The van der Waals surface area contributed by atoms with Crippen LogP contribution in [0.5, 0.6) is 5.75 Å². The largest absolute Gasteiger partial charge is 0.494 e. The average molecular weight is 446 g/mol. The number of amides is 2. The number of likely N-dealkylation sites (tertiary alicyclic amines) is 1. The number of ether oxygens (including phenoxy) is 1. The van der Waals surface area contributed by atoms with Crippen LogP contribution in [-0.2, 0) is 14.8 Å².